The predicted octanol–water partition coefficient (Wildman–Crippen LogP) is 1.02. The Morgan fingerprint density at radius 2 is 1.79 bits per heavy atom. The Morgan fingerprint density at radius 1 is 1.16 bits per heavy atom. The summed E-state index contributed by atoms with van der Waals surface area (Å²) in [5.41, 5.74) is 0.550. The summed E-state index contributed by atoms with van der Waals surface area (Å²) in [4.78, 5) is 35.8. The topological polar surface area (TPSA) is 94.8 Å². The Bertz CT molecular complexity index is 644. The average molecular weight is 261 g/mol. The molecule has 0 radical (unpaired) electrons. The van der Waals surface area contributed by atoms with Gasteiger partial charge in [0.1, 0.15) is 0 Å². The van der Waals surface area contributed by atoms with Crippen LogP contribution in [0.5, 0.6) is 0 Å². The minimum absolute atomic E-state index is 0.0359. The fourth-order valence-electron chi connectivity index (χ4n) is 1.20. The lowest BCUT2D eigenvalue weighted by molar-refractivity contribution is -0.114. The molecule has 0 aliphatic heterocycles. The van der Waals surface area contributed by atoms with Crippen molar-refractivity contribution in [2.75, 3.05) is 5.32 Å². The minimum Gasteiger partial charge on any atom is -0.326 e. The van der Waals surface area contributed by atoms with Crippen LogP contribution in [-0.2, 0) is 4.79 Å². The number of aryl methyl sites for hydroxylation is 1. The summed E-state index contributed by atoms with van der Waals surface area (Å²) >= 11 is 0. The second-order valence-electron chi connectivity index (χ2n) is 3.80. The van der Waals surface area contributed by atoms with Gasteiger partial charge in [0.2, 0.25) is 5.91 Å². The Kier molecular flexibility index (Phi) is 5.28. The van der Waals surface area contributed by atoms with Crippen LogP contribution in [0.15, 0.2) is 46.1 Å². The second-order valence-corrected chi connectivity index (χ2v) is 3.80. The highest BCUT2D eigenvalue weighted by Crippen LogP contribution is 2.03. The summed E-state index contributed by atoms with van der Waals surface area (Å²) in [6.45, 7) is 3.11. The molecule has 0 aliphatic rings. The molecule has 6 nitrogen and oxygen atoms in total. The van der Waals surface area contributed by atoms with Crippen molar-refractivity contribution in [3.8, 4) is 0 Å². The molecule has 0 fully saturated rings. The monoisotopic (exact) mass is 261 g/mol. The van der Waals surface area contributed by atoms with Gasteiger partial charge < -0.3 is 10.3 Å². The first-order valence-electron chi connectivity index (χ1n) is 5.60. The fourth-order valence-corrected chi connectivity index (χ4v) is 1.20. The maximum absolute atomic E-state index is 10.6. The molecular formula is C13H15N3O3. The molecule has 0 atom stereocenters. The molecule has 0 aliphatic carbocycles. The summed E-state index contributed by atoms with van der Waals surface area (Å²) in [7, 11) is 0. The van der Waals surface area contributed by atoms with Gasteiger partial charge in [-0.1, -0.05) is 18.2 Å². The minimum atomic E-state index is -0.467. The number of H-pyrrole nitrogens is 2. The van der Waals surface area contributed by atoms with E-state index in [0.717, 1.165) is 5.69 Å². The van der Waals surface area contributed by atoms with Gasteiger partial charge in [-0.15, -0.1) is 0 Å². The molecule has 1 aromatic heterocycles. The van der Waals surface area contributed by atoms with Crippen LogP contribution in [0.1, 0.15) is 12.5 Å². The van der Waals surface area contributed by atoms with Gasteiger partial charge in [-0.25, -0.2) is 4.79 Å². The number of carbonyl (C=O) groups excluding carboxylic acids is 1. The zero-order chi connectivity index (χ0) is 14.3. The van der Waals surface area contributed by atoms with Crippen LogP contribution in [0.4, 0.5) is 5.69 Å². The smallest absolute Gasteiger partial charge is 0.325 e. The predicted molar refractivity (Wildman–Crippen MR) is 73.2 cm³/mol. The number of para-hydroxylation sites is 1. The second kappa shape index (κ2) is 6.95. The first kappa shape index (κ1) is 14.4. The van der Waals surface area contributed by atoms with E-state index < -0.39 is 5.69 Å². The summed E-state index contributed by atoms with van der Waals surface area (Å²) < 4.78 is 0. The average Bonchev–Trinajstić information content (AvgIpc) is 2.35. The molecule has 6 heteroatoms. The number of anilines is 1. The fraction of sp³-hybridized carbons (Fsp3) is 0.154. The zero-order valence-corrected chi connectivity index (χ0v) is 10.7. The van der Waals surface area contributed by atoms with Crippen LogP contribution in [-0.4, -0.2) is 15.9 Å². The lowest BCUT2D eigenvalue weighted by Gasteiger charge is -1.98. The van der Waals surface area contributed by atoms with Crippen molar-refractivity contribution < 1.29 is 4.79 Å². The first-order valence-corrected chi connectivity index (χ1v) is 5.60. The molecule has 0 saturated heterocycles. The number of hydrogen-bond donors (Lipinski definition) is 3. The highest BCUT2D eigenvalue weighted by Gasteiger charge is 1.90. The molecule has 1 aromatic carbocycles. The van der Waals surface area contributed by atoms with Crippen molar-refractivity contribution in [3.05, 3.63) is 62.9 Å². The van der Waals surface area contributed by atoms with E-state index in [9.17, 15) is 14.4 Å². The molecule has 2 aromatic rings. The summed E-state index contributed by atoms with van der Waals surface area (Å²) in [5, 5.41) is 2.67. The third kappa shape index (κ3) is 5.49. The van der Waals surface area contributed by atoms with Gasteiger partial charge in [0, 0.05) is 24.4 Å². The summed E-state index contributed by atoms with van der Waals surface area (Å²) in [5.74, 6) is -0.0359. The standard InChI is InChI=1S/C8H9NO.C5H6N2O2/c1-7(10)9-8-5-3-2-4-6-8;1-3-2-6-5(9)7-4(3)8/h2-6H,1H3,(H,9,10);2H,1H3,(H2,6,7,8,9). The van der Waals surface area contributed by atoms with Gasteiger partial charge in [-0.2, -0.15) is 0 Å². The van der Waals surface area contributed by atoms with Crippen LogP contribution in [0, 0.1) is 6.92 Å². The van der Waals surface area contributed by atoms with Crippen molar-refractivity contribution in [2.24, 2.45) is 0 Å². The van der Waals surface area contributed by atoms with E-state index in [2.05, 4.69) is 15.3 Å². The van der Waals surface area contributed by atoms with Gasteiger partial charge in [0.15, 0.2) is 0 Å². The molecule has 0 bridgehead atoms. The molecule has 1 heterocycles. The Balaban J connectivity index is 0.000000191. The van der Waals surface area contributed by atoms with E-state index >= 15 is 0 Å². The number of hydrogen-bond acceptors (Lipinski definition) is 3. The van der Waals surface area contributed by atoms with Gasteiger partial charge in [0.05, 0.1) is 0 Å². The first-order chi connectivity index (χ1) is 8.99. The maximum Gasteiger partial charge on any atom is 0.325 e. The number of nitrogens with one attached hydrogen (secondary N) is 3. The van der Waals surface area contributed by atoms with E-state index in [1.807, 2.05) is 30.3 Å². The van der Waals surface area contributed by atoms with Gasteiger partial charge in [-0.05, 0) is 19.1 Å². The normalized spacial score (nSPS) is 9.16. The van der Waals surface area contributed by atoms with E-state index in [-0.39, 0.29) is 11.5 Å². The largest absolute Gasteiger partial charge is 0.326 e. The Hall–Kier alpha value is -2.63. The molecular weight excluding hydrogens is 246 g/mol. The number of aromatic amines is 2. The van der Waals surface area contributed by atoms with Crippen molar-refractivity contribution in [1.29, 1.82) is 0 Å². The lowest BCUT2D eigenvalue weighted by atomic mass is 10.3. The Labute approximate surface area is 109 Å². The third-order valence-corrected chi connectivity index (χ3v) is 2.10. The molecule has 100 valence electrons. The van der Waals surface area contributed by atoms with Crippen molar-refractivity contribution in [3.63, 3.8) is 0 Å². The lowest BCUT2D eigenvalue weighted by Crippen LogP contribution is -2.22. The van der Waals surface area contributed by atoms with E-state index in [0.29, 0.717) is 5.56 Å². The van der Waals surface area contributed by atoms with Crippen molar-refractivity contribution in [2.45, 2.75) is 13.8 Å². The van der Waals surface area contributed by atoms with Crippen LogP contribution in [0.25, 0.3) is 0 Å². The van der Waals surface area contributed by atoms with Gasteiger partial charge >= 0.3 is 5.69 Å². The highest BCUT2D eigenvalue weighted by molar-refractivity contribution is 5.88. The van der Waals surface area contributed by atoms with Crippen molar-refractivity contribution >= 4 is 11.6 Å². The zero-order valence-electron chi connectivity index (χ0n) is 10.7. The van der Waals surface area contributed by atoms with E-state index in [4.69, 9.17) is 0 Å². The number of rotatable bonds is 1. The highest BCUT2D eigenvalue weighted by atomic mass is 16.2. The van der Waals surface area contributed by atoms with Crippen molar-refractivity contribution in [1.82, 2.24) is 9.97 Å². The summed E-state index contributed by atoms with van der Waals surface area (Å²) in [6, 6.07) is 9.37. The Morgan fingerprint density at radius 3 is 2.26 bits per heavy atom. The molecule has 1 amide bonds. The van der Waals surface area contributed by atoms with Gasteiger partial charge in [0.25, 0.3) is 5.56 Å². The van der Waals surface area contributed by atoms with Gasteiger partial charge in [-0.3, -0.25) is 14.6 Å². The van der Waals surface area contributed by atoms with Crippen LogP contribution >= 0.6 is 0 Å². The SMILES string of the molecule is CC(=O)Nc1ccccc1.Cc1c[nH]c(=O)[nH]c1=O. The number of carbonyl (C=O) groups is 1. The molecule has 0 unspecified atom stereocenters. The quantitative estimate of drug-likeness (QED) is 0.715. The number of amides is 1. The number of aromatic nitrogens is 2. The molecule has 0 saturated carbocycles. The van der Waals surface area contributed by atoms with E-state index in [1.165, 1.54) is 13.1 Å². The van der Waals surface area contributed by atoms with Crippen LogP contribution in [0.3, 0.4) is 0 Å². The maximum atomic E-state index is 10.6. The van der Waals surface area contributed by atoms with E-state index in [1.54, 1.807) is 6.92 Å². The van der Waals surface area contributed by atoms with Crippen LogP contribution < -0.4 is 16.6 Å². The number of benzene rings is 1. The molecule has 3 N–H and O–H groups in total. The van der Waals surface area contributed by atoms with Crippen LogP contribution in [0.2, 0.25) is 0 Å². The third-order valence-electron chi connectivity index (χ3n) is 2.10. The molecule has 19 heavy (non-hydrogen) atoms. The molecule has 0 spiro atoms. The summed E-state index contributed by atoms with van der Waals surface area (Å²) in [6.07, 6.45) is 1.38. The molecule has 2 rings (SSSR count).